The van der Waals surface area contributed by atoms with Crippen molar-refractivity contribution in [2.75, 3.05) is 0 Å². The molecule has 9 heavy (non-hydrogen) atoms. The second kappa shape index (κ2) is 2.53. The van der Waals surface area contributed by atoms with E-state index in [0.29, 0.717) is 0 Å². The second-order valence-corrected chi connectivity index (χ2v) is 3.96. The number of halogens is 1. The largest absolute Gasteiger partial charge is 0.0765 e. The van der Waals surface area contributed by atoms with Gasteiger partial charge >= 0.3 is 0 Å². The van der Waals surface area contributed by atoms with Crippen LogP contribution in [0.3, 0.4) is 0 Å². The van der Waals surface area contributed by atoms with Gasteiger partial charge in [0.15, 0.2) is 0 Å². The maximum absolute atomic E-state index is 3.53. The molecule has 0 amide bonds. The van der Waals surface area contributed by atoms with Gasteiger partial charge in [0.05, 0.1) is 4.32 Å². The zero-order valence-corrected chi connectivity index (χ0v) is 6.93. The Hall–Kier alpha value is -0.300. The van der Waals surface area contributed by atoms with Crippen LogP contribution in [0.15, 0.2) is 36.5 Å². The average Bonchev–Trinajstić information content (AvgIpc) is 1.92. The monoisotopic (exact) mass is 184 g/mol. The third-order valence-electron chi connectivity index (χ3n) is 1.18. The normalized spacial score (nSPS) is 22.0. The molecule has 0 nitrogen and oxygen atoms in total. The van der Waals surface area contributed by atoms with Crippen molar-refractivity contribution in [3.8, 4) is 0 Å². The first-order valence-electron chi connectivity index (χ1n) is 2.93. The Kier molecular flexibility index (Phi) is 1.91. The Labute approximate surface area is 64.1 Å². The molecule has 1 aliphatic rings. The van der Waals surface area contributed by atoms with Crippen molar-refractivity contribution < 1.29 is 0 Å². The molecule has 0 fully saturated rings. The van der Waals surface area contributed by atoms with E-state index in [0.717, 1.165) is 0 Å². The van der Waals surface area contributed by atoms with Gasteiger partial charge < -0.3 is 0 Å². The highest BCUT2D eigenvalue weighted by Crippen LogP contribution is 2.21. The predicted molar refractivity (Wildman–Crippen MR) is 44.8 cm³/mol. The van der Waals surface area contributed by atoms with E-state index in [9.17, 15) is 0 Å². The lowest BCUT2D eigenvalue weighted by Gasteiger charge is -2.09. The smallest absolute Gasteiger partial charge is 0.0594 e. The molecule has 1 heteroatoms. The highest BCUT2D eigenvalue weighted by molar-refractivity contribution is 9.10. The number of hydrogen-bond acceptors (Lipinski definition) is 0. The van der Waals surface area contributed by atoms with Crippen molar-refractivity contribution in [1.82, 2.24) is 0 Å². The summed E-state index contributed by atoms with van der Waals surface area (Å²) in [6.07, 6.45) is 12.3. The minimum atomic E-state index is 0.0521. The van der Waals surface area contributed by atoms with Crippen molar-refractivity contribution in [3.63, 3.8) is 0 Å². The lowest BCUT2D eigenvalue weighted by molar-refractivity contribution is 1.03. The van der Waals surface area contributed by atoms with Crippen molar-refractivity contribution in [1.29, 1.82) is 0 Å². The summed E-state index contributed by atoms with van der Waals surface area (Å²) in [6, 6.07) is 0. The third kappa shape index (κ3) is 2.19. The van der Waals surface area contributed by atoms with Crippen LogP contribution in [0.2, 0.25) is 0 Å². The Morgan fingerprint density at radius 2 is 1.44 bits per heavy atom. The zero-order valence-electron chi connectivity index (χ0n) is 5.34. The van der Waals surface area contributed by atoms with Crippen LogP contribution in [0.25, 0.3) is 0 Å². The van der Waals surface area contributed by atoms with Crippen molar-refractivity contribution in [3.05, 3.63) is 36.5 Å². The summed E-state index contributed by atoms with van der Waals surface area (Å²) in [5.74, 6) is 0. The number of allylic oxidation sites excluding steroid dienone is 6. The second-order valence-electron chi connectivity index (χ2n) is 2.25. The van der Waals surface area contributed by atoms with Gasteiger partial charge in [-0.25, -0.2) is 0 Å². The first-order valence-corrected chi connectivity index (χ1v) is 3.73. The van der Waals surface area contributed by atoms with Gasteiger partial charge in [0, 0.05) is 0 Å². The van der Waals surface area contributed by atoms with Crippen LogP contribution in [0.5, 0.6) is 0 Å². The van der Waals surface area contributed by atoms with Crippen molar-refractivity contribution in [2.24, 2.45) is 0 Å². The maximum Gasteiger partial charge on any atom is 0.0594 e. The van der Waals surface area contributed by atoms with Crippen LogP contribution in [-0.2, 0) is 0 Å². The molecule has 0 aromatic rings. The molecule has 0 N–H and O–H groups in total. The molecule has 0 unspecified atom stereocenters. The van der Waals surface area contributed by atoms with Crippen molar-refractivity contribution >= 4 is 15.9 Å². The van der Waals surface area contributed by atoms with Gasteiger partial charge in [-0.2, -0.15) is 0 Å². The van der Waals surface area contributed by atoms with Gasteiger partial charge in [-0.15, -0.1) is 0 Å². The van der Waals surface area contributed by atoms with Crippen LogP contribution in [0.4, 0.5) is 0 Å². The lowest BCUT2D eigenvalue weighted by Crippen LogP contribution is -2.04. The van der Waals surface area contributed by atoms with Gasteiger partial charge in [-0.1, -0.05) is 52.4 Å². The van der Waals surface area contributed by atoms with E-state index < -0.39 is 0 Å². The van der Waals surface area contributed by atoms with Gasteiger partial charge in [0.2, 0.25) is 0 Å². The fourth-order valence-electron chi connectivity index (χ4n) is 0.671. The molecular weight excluding hydrogens is 176 g/mol. The Morgan fingerprint density at radius 3 is 1.89 bits per heavy atom. The van der Waals surface area contributed by atoms with Crippen molar-refractivity contribution in [2.45, 2.75) is 11.2 Å². The average molecular weight is 185 g/mol. The summed E-state index contributed by atoms with van der Waals surface area (Å²) >= 11 is 3.53. The summed E-state index contributed by atoms with van der Waals surface area (Å²) < 4.78 is 0.0521. The molecule has 0 aromatic carbocycles. The van der Waals surface area contributed by atoms with E-state index >= 15 is 0 Å². The highest BCUT2D eigenvalue weighted by atomic mass is 79.9. The topological polar surface area (TPSA) is 0 Å². The summed E-state index contributed by atoms with van der Waals surface area (Å²) in [6.45, 7) is 2.10. The number of alkyl halides is 1. The Morgan fingerprint density at radius 1 is 1.00 bits per heavy atom. The molecule has 0 spiro atoms. The van der Waals surface area contributed by atoms with Gasteiger partial charge in [-0.05, 0) is 6.92 Å². The first-order chi connectivity index (χ1) is 4.21. The van der Waals surface area contributed by atoms with Gasteiger partial charge in [0.25, 0.3) is 0 Å². The quantitative estimate of drug-likeness (QED) is 0.509. The summed E-state index contributed by atoms with van der Waals surface area (Å²) in [4.78, 5) is 0. The standard InChI is InChI=1S/C8H9Br/c1-8(9)6-4-2-3-5-7-8/h2-7H,1H3. The third-order valence-corrected chi connectivity index (χ3v) is 1.71. The summed E-state index contributed by atoms with van der Waals surface area (Å²) in [5.41, 5.74) is 0. The van der Waals surface area contributed by atoms with Crippen LogP contribution in [0, 0.1) is 0 Å². The summed E-state index contributed by atoms with van der Waals surface area (Å²) in [5, 5.41) is 0. The zero-order chi connectivity index (χ0) is 6.74. The van der Waals surface area contributed by atoms with E-state index in [1.54, 1.807) is 0 Å². The van der Waals surface area contributed by atoms with E-state index in [1.165, 1.54) is 0 Å². The van der Waals surface area contributed by atoms with E-state index in [-0.39, 0.29) is 4.32 Å². The molecule has 1 rings (SSSR count). The molecule has 1 aliphatic carbocycles. The number of rotatable bonds is 0. The fourth-order valence-corrected chi connectivity index (χ4v) is 0.976. The van der Waals surface area contributed by atoms with Gasteiger partial charge in [-0.3, -0.25) is 0 Å². The minimum absolute atomic E-state index is 0.0521. The molecule has 0 saturated carbocycles. The Balaban J connectivity index is 2.82. The minimum Gasteiger partial charge on any atom is -0.0765 e. The molecule has 0 aliphatic heterocycles. The molecule has 0 bridgehead atoms. The van der Waals surface area contributed by atoms with E-state index in [2.05, 4.69) is 35.0 Å². The van der Waals surface area contributed by atoms with Gasteiger partial charge in [0.1, 0.15) is 0 Å². The molecule has 0 heterocycles. The van der Waals surface area contributed by atoms with Crippen LogP contribution in [-0.4, -0.2) is 4.32 Å². The highest BCUT2D eigenvalue weighted by Gasteiger charge is 2.10. The fraction of sp³-hybridized carbons (Fsp3) is 0.250. The molecule has 0 aromatic heterocycles. The summed E-state index contributed by atoms with van der Waals surface area (Å²) in [7, 11) is 0. The predicted octanol–water partition coefficient (Wildman–Crippen LogP) is 2.82. The van der Waals surface area contributed by atoms with Crippen LogP contribution >= 0.6 is 15.9 Å². The molecule has 0 atom stereocenters. The van der Waals surface area contributed by atoms with E-state index in [1.807, 2.05) is 24.3 Å². The molecule has 0 saturated heterocycles. The van der Waals surface area contributed by atoms with E-state index in [4.69, 9.17) is 0 Å². The lowest BCUT2D eigenvalue weighted by atomic mass is 10.1. The van der Waals surface area contributed by atoms with Crippen LogP contribution < -0.4 is 0 Å². The first kappa shape index (κ1) is 6.81. The SMILES string of the molecule is CC1(Br)C=CC=CC=C1. The van der Waals surface area contributed by atoms with Crippen LogP contribution in [0.1, 0.15) is 6.92 Å². The maximum atomic E-state index is 3.53. The molecular formula is C8H9Br. The molecule has 0 radical (unpaired) electrons. The molecule has 48 valence electrons. The number of hydrogen-bond donors (Lipinski definition) is 0. The Bertz CT molecular complexity index is 155.